The number of nitrogens with zero attached hydrogens (tertiary/aromatic N) is 3. The van der Waals surface area contributed by atoms with Crippen molar-refractivity contribution in [2.75, 3.05) is 25.6 Å². The van der Waals surface area contributed by atoms with E-state index in [9.17, 15) is 4.79 Å². The Labute approximate surface area is 214 Å². The highest BCUT2D eigenvalue weighted by Crippen LogP contribution is 2.31. The third-order valence-electron chi connectivity index (χ3n) is 6.27. The summed E-state index contributed by atoms with van der Waals surface area (Å²) in [5.74, 6) is 0.754. The largest absolute Gasteiger partial charge is 0.496 e. The van der Waals surface area contributed by atoms with Crippen LogP contribution in [0, 0.1) is 0 Å². The van der Waals surface area contributed by atoms with Gasteiger partial charge in [0.15, 0.2) is 5.65 Å². The van der Waals surface area contributed by atoms with Crippen molar-refractivity contribution in [3.05, 3.63) is 45.7 Å². The highest BCUT2D eigenvalue weighted by Gasteiger charge is 2.22. The molecule has 10 heteroatoms. The number of carbonyl (C=O) groups excluding carboxylic acids is 1. The van der Waals surface area contributed by atoms with Gasteiger partial charge in [-0.15, -0.1) is 0 Å². The molecule has 0 bridgehead atoms. The molecule has 1 aliphatic rings. The van der Waals surface area contributed by atoms with Crippen LogP contribution in [0.2, 0.25) is 0 Å². The Morgan fingerprint density at radius 3 is 2.69 bits per heavy atom. The lowest BCUT2D eigenvalue weighted by Gasteiger charge is -2.26. The predicted molar refractivity (Wildman–Crippen MR) is 140 cm³/mol. The number of halogens is 1. The van der Waals surface area contributed by atoms with E-state index < -0.39 is 0 Å². The molecule has 0 atom stereocenters. The molecule has 2 aromatic heterocycles. The maximum atomic E-state index is 12.7. The molecule has 188 valence electrons. The molecule has 0 saturated carbocycles. The Morgan fingerprint density at radius 1 is 1.23 bits per heavy atom. The molecule has 4 rings (SSSR count). The molecule has 1 fully saturated rings. The maximum Gasteiger partial charge on any atom is 0.315 e. The zero-order valence-electron chi connectivity index (χ0n) is 20.5. The third kappa shape index (κ3) is 5.87. The zero-order chi connectivity index (χ0) is 24.8. The number of urea groups is 1. The standard InChI is InChI=1S/C25H33BrN6O3/c1-4-21-18(14-28-25(33)27-13-16-6-7-22(34-3)20(26)12-16)23(30-17-8-10-35-11-9-17)19-15-29-32(5-2)24(19)31-21/h6-7,12,15,17H,4-5,8-11,13-14H2,1-3H3,(H,30,31)(H2,27,28,33). The van der Waals surface area contributed by atoms with Crippen molar-refractivity contribution in [1.82, 2.24) is 25.4 Å². The fraction of sp³-hybridized carbons (Fsp3) is 0.480. The summed E-state index contributed by atoms with van der Waals surface area (Å²) in [6.45, 7) is 7.17. The number of ether oxygens (including phenoxy) is 2. The van der Waals surface area contributed by atoms with Crippen LogP contribution in [0.4, 0.5) is 10.5 Å². The topological polar surface area (TPSA) is 102 Å². The Morgan fingerprint density at radius 2 is 2.00 bits per heavy atom. The lowest BCUT2D eigenvalue weighted by atomic mass is 10.0. The van der Waals surface area contributed by atoms with Crippen molar-refractivity contribution in [3.63, 3.8) is 0 Å². The van der Waals surface area contributed by atoms with Gasteiger partial charge in [0.1, 0.15) is 5.75 Å². The van der Waals surface area contributed by atoms with Crippen LogP contribution in [-0.2, 0) is 30.8 Å². The smallest absolute Gasteiger partial charge is 0.315 e. The van der Waals surface area contributed by atoms with Crippen molar-refractivity contribution < 1.29 is 14.3 Å². The van der Waals surface area contributed by atoms with Gasteiger partial charge in [0.05, 0.1) is 28.9 Å². The summed E-state index contributed by atoms with van der Waals surface area (Å²) in [5, 5.41) is 15.2. The van der Waals surface area contributed by atoms with Crippen molar-refractivity contribution in [3.8, 4) is 5.75 Å². The lowest BCUT2D eigenvalue weighted by Crippen LogP contribution is -2.35. The first kappa shape index (κ1) is 25.2. The van der Waals surface area contributed by atoms with Crippen molar-refractivity contribution in [2.45, 2.75) is 58.8 Å². The molecule has 3 N–H and O–H groups in total. The number of amides is 2. The number of aromatic nitrogens is 3. The van der Waals surface area contributed by atoms with E-state index in [0.717, 1.165) is 82.8 Å². The van der Waals surface area contributed by atoms with E-state index in [-0.39, 0.29) is 6.03 Å². The van der Waals surface area contributed by atoms with Crippen LogP contribution in [0.25, 0.3) is 11.0 Å². The molecule has 1 aromatic carbocycles. The second-order valence-electron chi connectivity index (χ2n) is 8.50. The van der Waals surface area contributed by atoms with E-state index in [4.69, 9.17) is 14.5 Å². The molecule has 3 heterocycles. The molecule has 0 radical (unpaired) electrons. The maximum absolute atomic E-state index is 12.7. The quantitative estimate of drug-likeness (QED) is 0.369. The van der Waals surface area contributed by atoms with Gasteiger partial charge in [-0.25, -0.2) is 14.5 Å². The number of anilines is 1. The Kier molecular flexibility index (Phi) is 8.46. The molecule has 0 unspecified atom stereocenters. The molecule has 1 aliphatic heterocycles. The summed E-state index contributed by atoms with van der Waals surface area (Å²) in [6, 6.07) is 5.81. The molecule has 3 aromatic rings. The average molecular weight is 545 g/mol. The summed E-state index contributed by atoms with van der Waals surface area (Å²) in [6.07, 6.45) is 4.51. The molecular weight excluding hydrogens is 512 g/mol. The first-order valence-electron chi connectivity index (χ1n) is 12.1. The summed E-state index contributed by atoms with van der Waals surface area (Å²) in [7, 11) is 1.63. The van der Waals surface area contributed by atoms with Gasteiger partial charge in [-0.3, -0.25) is 0 Å². The van der Waals surface area contributed by atoms with Gasteiger partial charge in [-0.2, -0.15) is 5.10 Å². The van der Waals surface area contributed by atoms with Gasteiger partial charge in [0.25, 0.3) is 0 Å². The minimum atomic E-state index is -0.236. The van der Waals surface area contributed by atoms with E-state index in [2.05, 4.69) is 50.8 Å². The number of pyridine rings is 1. The number of hydrogen-bond acceptors (Lipinski definition) is 6. The third-order valence-corrected chi connectivity index (χ3v) is 6.89. The molecule has 9 nitrogen and oxygen atoms in total. The number of nitrogens with one attached hydrogen (secondary N) is 3. The summed E-state index contributed by atoms with van der Waals surface area (Å²) >= 11 is 3.48. The van der Waals surface area contributed by atoms with Crippen molar-refractivity contribution in [2.24, 2.45) is 0 Å². The molecule has 2 amide bonds. The van der Waals surface area contributed by atoms with Crippen molar-refractivity contribution in [1.29, 1.82) is 0 Å². The van der Waals surface area contributed by atoms with Crippen LogP contribution in [-0.4, -0.2) is 47.2 Å². The van der Waals surface area contributed by atoms with Crippen LogP contribution in [0.15, 0.2) is 28.9 Å². The van der Waals surface area contributed by atoms with Crippen LogP contribution in [0.3, 0.4) is 0 Å². The Bertz CT molecular complexity index is 1180. The number of fused-ring (bicyclic) bond motifs is 1. The monoisotopic (exact) mass is 544 g/mol. The van der Waals surface area contributed by atoms with Crippen LogP contribution in [0.1, 0.15) is 43.5 Å². The predicted octanol–water partition coefficient (Wildman–Crippen LogP) is 4.38. The molecule has 35 heavy (non-hydrogen) atoms. The summed E-state index contributed by atoms with van der Waals surface area (Å²) in [5.41, 5.74) is 4.82. The van der Waals surface area contributed by atoms with Crippen molar-refractivity contribution >= 4 is 38.7 Å². The fourth-order valence-corrected chi connectivity index (χ4v) is 4.92. The number of carbonyl (C=O) groups is 1. The van der Waals surface area contributed by atoms with E-state index in [0.29, 0.717) is 19.1 Å². The molecule has 0 spiro atoms. The first-order valence-corrected chi connectivity index (χ1v) is 12.9. The molecule has 1 saturated heterocycles. The van der Waals surface area contributed by atoms with E-state index in [1.807, 2.05) is 29.1 Å². The number of benzene rings is 1. The van der Waals surface area contributed by atoms with Crippen LogP contribution < -0.4 is 20.7 Å². The zero-order valence-corrected chi connectivity index (χ0v) is 22.1. The second-order valence-corrected chi connectivity index (χ2v) is 9.35. The minimum absolute atomic E-state index is 0.236. The SMILES string of the molecule is CCc1nc2c(cnn2CC)c(NC2CCOCC2)c1CNC(=O)NCc1ccc(OC)c(Br)c1. The van der Waals surface area contributed by atoms with E-state index in [1.165, 1.54) is 0 Å². The molecule has 0 aliphatic carbocycles. The van der Waals surface area contributed by atoms with Gasteiger partial charge < -0.3 is 25.4 Å². The number of methoxy groups -OCH3 is 1. The lowest BCUT2D eigenvalue weighted by molar-refractivity contribution is 0.0904. The Balaban J connectivity index is 1.52. The van der Waals surface area contributed by atoms with E-state index >= 15 is 0 Å². The van der Waals surface area contributed by atoms with Gasteiger partial charge in [0, 0.05) is 50.1 Å². The van der Waals surface area contributed by atoms with E-state index in [1.54, 1.807) is 7.11 Å². The fourth-order valence-electron chi connectivity index (χ4n) is 4.33. The summed E-state index contributed by atoms with van der Waals surface area (Å²) in [4.78, 5) is 17.6. The minimum Gasteiger partial charge on any atom is -0.496 e. The number of rotatable bonds is 9. The van der Waals surface area contributed by atoms with Crippen LogP contribution >= 0.6 is 15.9 Å². The van der Waals surface area contributed by atoms with Gasteiger partial charge in [-0.1, -0.05) is 13.0 Å². The van der Waals surface area contributed by atoms with Crippen LogP contribution in [0.5, 0.6) is 5.75 Å². The van der Waals surface area contributed by atoms with Gasteiger partial charge in [0.2, 0.25) is 0 Å². The highest BCUT2D eigenvalue weighted by molar-refractivity contribution is 9.10. The van der Waals surface area contributed by atoms with Gasteiger partial charge >= 0.3 is 6.03 Å². The van der Waals surface area contributed by atoms with Gasteiger partial charge in [-0.05, 0) is 59.8 Å². The average Bonchev–Trinajstić information content (AvgIpc) is 3.30. The Hall–Kier alpha value is -2.85. The highest BCUT2D eigenvalue weighted by atomic mass is 79.9. The summed E-state index contributed by atoms with van der Waals surface area (Å²) < 4.78 is 13.6. The normalized spacial score (nSPS) is 14.2. The number of hydrogen-bond donors (Lipinski definition) is 3. The first-order chi connectivity index (χ1) is 17.0. The number of aryl methyl sites for hydroxylation is 2. The molecular formula is C25H33BrN6O3. The second kappa shape index (κ2) is 11.7.